The van der Waals surface area contributed by atoms with Crippen molar-refractivity contribution < 1.29 is 23.3 Å². The summed E-state index contributed by atoms with van der Waals surface area (Å²) in [7, 11) is -1.60. The van der Waals surface area contributed by atoms with Crippen LogP contribution in [0.5, 0.6) is 0 Å². The highest BCUT2D eigenvalue weighted by Crippen LogP contribution is 2.57. The zero-order chi connectivity index (χ0) is 19.2. The number of Topliss-reactive ketones (excluding diaryl/α,β-unsaturated/α-hetero) is 1. The third kappa shape index (κ3) is 4.43. The van der Waals surface area contributed by atoms with Crippen molar-refractivity contribution in [3.63, 3.8) is 0 Å². The molecule has 0 aliphatic heterocycles. The van der Waals surface area contributed by atoms with Crippen LogP contribution in [-0.2, 0) is 13.6 Å². The van der Waals surface area contributed by atoms with Crippen LogP contribution >= 0.6 is 7.60 Å². The lowest BCUT2D eigenvalue weighted by Gasteiger charge is -2.28. The second kappa shape index (κ2) is 8.85. The first-order valence-electron chi connectivity index (χ1n) is 7.90. The quantitative estimate of drug-likeness (QED) is 0.286. The highest BCUT2D eigenvalue weighted by atomic mass is 31.2. The maximum atomic E-state index is 13.2. The second-order valence-electron chi connectivity index (χ2n) is 5.61. The Balaban J connectivity index is 2.61. The van der Waals surface area contributed by atoms with E-state index in [0.717, 1.165) is 0 Å². The van der Waals surface area contributed by atoms with E-state index in [0.29, 0.717) is 5.56 Å². The van der Waals surface area contributed by atoms with E-state index >= 15 is 0 Å². The van der Waals surface area contributed by atoms with Crippen molar-refractivity contribution in [1.82, 2.24) is 0 Å². The van der Waals surface area contributed by atoms with Gasteiger partial charge in [0.1, 0.15) is 5.66 Å². The maximum Gasteiger partial charge on any atom is 0.341 e. The Labute approximate surface area is 151 Å². The predicted molar refractivity (Wildman–Crippen MR) is 97.2 cm³/mol. The van der Waals surface area contributed by atoms with Gasteiger partial charge in [-0.25, -0.2) is 0 Å². The topological polar surface area (TPSA) is 95.7 Å². The zero-order valence-electron chi connectivity index (χ0n) is 14.5. The summed E-state index contributed by atoms with van der Waals surface area (Å²) in [6.45, 7) is -0.579. The summed E-state index contributed by atoms with van der Waals surface area (Å²) < 4.78 is 23.3. The Morgan fingerprint density at radius 1 is 1.04 bits per heavy atom. The van der Waals surface area contributed by atoms with E-state index in [1.165, 1.54) is 14.2 Å². The van der Waals surface area contributed by atoms with Crippen molar-refractivity contribution >= 4 is 13.4 Å². The summed E-state index contributed by atoms with van der Waals surface area (Å²) in [5.74, 6) is -1.49. The van der Waals surface area contributed by atoms with Crippen molar-refractivity contribution in [3.05, 3.63) is 81.9 Å². The predicted octanol–water partition coefficient (Wildman–Crippen LogP) is 3.78. The molecule has 7 nitrogen and oxygen atoms in total. The minimum atomic E-state index is -3.94. The minimum Gasteiger partial charge on any atom is -0.311 e. The van der Waals surface area contributed by atoms with Crippen molar-refractivity contribution in [2.45, 2.75) is 11.6 Å². The van der Waals surface area contributed by atoms with Crippen molar-refractivity contribution in [2.24, 2.45) is 0 Å². The number of benzene rings is 2. The molecule has 0 N–H and O–H groups in total. The van der Waals surface area contributed by atoms with E-state index in [9.17, 15) is 19.5 Å². The number of carbonyl (C=O) groups is 1. The fourth-order valence-corrected chi connectivity index (χ4v) is 4.62. The third-order valence-electron chi connectivity index (χ3n) is 4.13. The minimum absolute atomic E-state index is 0.288. The fraction of sp³-hybridized carbons (Fsp3) is 0.278. The van der Waals surface area contributed by atoms with Gasteiger partial charge in [0.2, 0.25) is 6.54 Å². The van der Waals surface area contributed by atoms with Gasteiger partial charge in [0, 0.05) is 24.7 Å². The number of nitrogens with zero attached hydrogens (tertiary/aromatic N) is 1. The van der Waals surface area contributed by atoms with Crippen LogP contribution in [0.1, 0.15) is 21.8 Å². The Bertz CT molecular complexity index is 788. The summed E-state index contributed by atoms with van der Waals surface area (Å²) in [6.07, 6.45) is 0. The van der Waals surface area contributed by atoms with E-state index in [2.05, 4.69) is 0 Å². The maximum absolute atomic E-state index is 13.2. The molecule has 0 heterocycles. The molecule has 0 saturated heterocycles. The zero-order valence-corrected chi connectivity index (χ0v) is 15.4. The van der Waals surface area contributed by atoms with E-state index in [1.54, 1.807) is 60.7 Å². The van der Waals surface area contributed by atoms with Gasteiger partial charge < -0.3 is 9.05 Å². The normalized spacial score (nSPS) is 13.8. The van der Waals surface area contributed by atoms with E-state index in [-0.39, 0.29) is 5.56 Å². The van der Waals surface area contributed by atoms with Gasteiger partial charge in [0.25, 0.3) is 0 Å². The van der Waals surface area contributed by atoms with Gasteiger partial charge in [0.15, 0.2) is 5.78 Å². The number of ketones is 1. The van der Waals surface area contributed by atoms with Crippen LogP contribution in [-0.4, -0.2) is 37.1 Å². The summed E-state index contributed by atoms with van der Waals surface area (Å²) in [5, 5.41) is 11.3. The first-order valence-corrected chi connectivity index (χ1v) is 9.51. The number of hydrogen-bond acceptors (Lipinski definition) is 6. The van der Waals surface area contributed by atoms with Crippen LogP contribution in [0.4, 0.5) is 0 Å². The molecule has 0 saturated carbocycles. The summed E-state index contributed by atoms with van der Waals surface area (Å²) in [4.78, 5) is 23.9. The van der Waals surface area contributed by atoms with Gasteiger partial charge in [-0.15, -0.1) is 0 Å². The highest BCUT2D eigenvalue weighted by molar-refractivity contribution is 7.55. The van der Waals surface area contributed by atoms with E-state index in [4.69, 9.17) is 9.05 Å². The van der Waals surface area contributed by atoms with Gasteiger partial charge in [-0.2, -0.15) is 0 Å². The average molecular weight is 377 g/mol. The second-order valence-corrected chi connectivity index (χ2v) is 7.98. The lowest BCUT2D eigenvalue weighted by Crippen LogP contribution is -2.33. The summed E-state index contributed by atoms with van der Waals surface area (Å²) in [6, 6.07) is 16.7. The number of rotatable bonds is 9. The number of carbonyl (C=O) groups excluding carboxylic acids is 1. The Morgan fingerprint density at radius 2 is 1.54 bits per heavy atom. The van der Waals surface area contributed by atoms with Crippen molar-refractivity contribution in [1.29, 1.82) is 0 Å². The van der Waals surface area contributed by atoms with Crippen LogP contribution in [0.25, 0.3) is 0 Å². The molecule has 0 fully saturated rings. The lowest BCUT2D eigenvalue weighted by molar-refractivity contribution is -0.483. The van der Waals surface area contributed by atoms with Crippen LogP contribution in [0.3, 0.4) is 0 Å². The van der Waals surface area contributed by atoms with Crippen molar-refractivity contribution in [3.8, 4) is 0 Å². The Hall–Kier alpha value is -2.34. The Kier molecular flexibility index (Phi) is 6.80. The summed E-state index contributed by atoms with van der Waals surface area (Å²) >= 11 is 0. The molecule has 2 aromatic rings. The fourth-order valence-electron chi connectivity index (χ4n) is 2.87. The molecule has 0 spiro atoms. The van der Waals surface area contributed by atoms with Gasteiger partial charge in [-0.1, -0.05) is 60.7 Å². The molecular weight excluding hydrogens is 357 g/mol. The van der Waals surface area contributed by atoms with E-state index in [1.807, 2.05) is 0 Å². The van der Waals surface area contributed by atoms with Crippen LogP contribution < -0.4 is 0 Å². The number of nitro groups is 1. The molecule has 0 aliphatic rings. The molecule has 0 unspecified atom stereocenters. The van der Waals surface area contributed by atoms with Gasteiger partial charge >= 0.3 is 7.60 Å². The molecule has 138 valence electrons. The van der Waals surface area contributed by atoms with Gasteiger partial charge in [-0.3, -0.25) is 19.5 Å². The molecule has 0 aliphatic carbocycles. The molecule has 0 radical (unpaired) electrons. The molecule has 2 aromatic carbocycles. The molecular formula is C18H20NO6P. The standard InChI is InChI=1S/C18H20NO6P/c1-24-26(23,25-2)18(17(20)15-11-7-4-8-12-15)16(13-19(21)22)14-9-5-3-6-10-14/h3-12,16,18H,13H2,1-2H3/t16-,18-/m0/s1. The highest BCUT2D eigenvalue weighted by Gasteiger charge is 2.48. The molecule has 26 heavy (non-hydrogen) atoms. The first kappa shape index (κ1) is 20.0. The lowest BCUT2D eigenvalue weighted by atomic mass is 9.91. The molecule has 0 aromatic heterocycles. The average Bonchev–Trinajstić information content (AvgIpc) is 2.68. The third-order valence-corrected chi connectivity index (χ3v) is 6.42. The van der Waals surface area contributed by atoms with Gasteiger partial charge in [-0.05, 0) is 5.56 Å². The number of hydrogen-bond donors (Lipinski definition) is 0. The molecule has 0 amide bonds. The van der Waals surface area contributed by atoms with Crippen molar-refractivity contribution in [2.75, 3.05) is 20.8 Å². The largest absolute Gasteiger partial charge is 0.341 e. The molecule has 2 rings (SSSR count). The molecule has 2 atom stereocenters. The Morgan fingerprint density at radius 3 is 2.00 bits per heavy atom. The van der Waals surface area contributed by atoms with Crippen LogP contribution in [0.2, 0.25) is 0 Å². The van der Waals surface area contributed by atoms with Crippen LogP contribution in [0.15, 0.2) is 60.7 Å². The SMILES string of the molecule is COP(=O)(OC)[C@H](C(=O)c1ccccc1)[C@@H](C[N+](=O)[O-])c1ccccc1. The monoisotopic (exact) mass is 377 g/mol. The van der Waals surface area contributed by atoms with Gasteiger partial charge in [0.05, 0.1) is 5.92 Å². The van der Waals surface area contributed by atoms with Crippen LogP contribution in [0, 0.1) is 10.1 Å². The smallest absolute Gasteiger partial charge is 0.311 e. The molecule has 0 bridgehead atoms. The first-order chi connectivity index (χ1) is 12.4. The summed E-state index contributed by atoms with van der Waals surface area (Å²) in [5.41, 5.74) is -0.531. The van der Waals surface area contributed by atoms with E-state index < -0.39 is 36.4 Å². The molecule has 8 heteroatoms.